The molecular formula is C47H31N. The van der Waals surface area contributed by atoms with Gasteiger partial charge in [0, 0.05) is 21.9 Å². The molecule has 0 spiro atoms. The summed E-state index contributed by atoms with van der Waals surface area (Å²) in [6, 6.07) is 56.7. The molecule has 0 N–H and O–H groups in total. The van der Waals surface area contributed by atoms with Gasteiger partial charge in [0.1, 0.15) is 0 Å². The van der Waals surface area contributed by atoms with Crippen molar-refractivity contribution in [1.29, 1.82) is 0 Å². The lowest BCUT2D eigenvalue weighted by Gasteiger charge is -2.23. The van der Waals surface area contributed by atoms with Gasteiger partial charge >= 0.3 is 0 Å². The molecule has 9 aromatic rings. The Hall–Kier alpha value is -5.92. The predicted molar refractivity (Wildman–Crippen MR) is 203 cm³/mol. The summed E-state index contributed by atoms with van der Waals surface area (Å²) in [6.07, 6.45) is 0. The van der Waals surface area contributed by atoms with Crippen molar-refractivity contribution >= 4 is 43.4 Å². The third-order valence-corrected chi connectivity index (χ3v) is 11.3. The summed E-state index contributed by atoms with van der Waals surface area (Å²) in [5.74, 6) is 0. The number of benzene rings is 8. The van der Waals surface area contributed by atoms with Crippen LogP contribution in [0.1, 0.15) is 25.0 Å². The second-order valence-electron chi connectivity index (χ2n) is 14.1. The number of hydrogen-bond acceptors (Lipinski definition) is 0. The average Bonchev–Trinajstić information content (AvgIpc) is 3.72. The van der Waals surface area contributed by atoms with E-state index in [4.69, 9.17) is 0 Å². The zero-order valence-corrected chi connectivity index (χ0v) is 26.9. The molecule has 1 heterocycles. The molecule has 0 bridgehead atoms. The van der Waals surface area contributed by atoms with E-state index in [-0.39, 0.29) is 5.41 Å². The molecule has 1 heteroatoms. The average molecular weight is 610 g/mol. The van der Waals surface area contributed by atoms with Gasteiger partial charge in [-0.15, -0.1) is 0 Å². The van der Waals surface area contributed by atoms with E-state index in [0.29, 0.717) is 0 Å². The molecule has 0 aliphatic heterocycles. The smallest absolute Gasteiger partial charge is 0.0544 e. The summed E-state index contributed by atoms with van der Waals surface area (Å²) >= 11 is 0. The lowest BCUT2D eigenvalue weighted by Crippen LogP contribution is -2.15. The number of rotatable bonds is 2. The maximum atomic E-state index is 2.48. The van der Waals surface area contributed by atoms with E-state index in [9.17, 15) is 0 Å². The van der Waals surface area contributed by atoms with E-state index in [0.717, 1.165) is 0 Å². The topological polar surface area (TPSA) is 4.93 Å². The summed E-state index contributed by atoms with van der Waals surface area (Å²) in [7, 11) is 0. The first kappa shape index (κ1) is 26.2. The van der Waals surface area contributed by atoms with E-state index in [1.807, 2.05) is 0 Å². The first-order chi connectivity index (χ1) is 23.6. The van der Waals surface area contributed by atoms with Crippen molar-refractivity contribution in [2.24, 2.45) is 0 Å². The Morgan fingerprint density at radius 3 is 1.90 bits per heavy atom. The van der Waals surface area contributed by atoms with Gasteiger partial charge in [-0.1, -0.05) is 135 Å². The molecule has 0 unspecified atom stereocenters. The van der Waals surface area contributed by atoms with E-state index >= 15 is 0 Å². The van der Waals surface area contributed by atoms with Gasteiger partial charge in [0.25, 0.3) is 0 Å². The van der Waals surface area contributed by atoms with Crippen LogP contribution in [0.15, 0.2) is 152 Å². The SMILES string of the molecule is CC1(C)c2cc3c(cc2-c2ccc4ccccc4c21)c1ccccc1n3-c1ccc(-c2ccc3c4c(cccc24)-c2ccccc2-3)cc1. The van der Waals surface area contributed by atoms with Crippen molar-refractivity contribution in [2.75, 3.05) is 0 Å². The van der Waals surface area contributed by atoms with Gasteiger partial charge in [-0.05, 0) is 108 Å². The summed E-state index contributed by atoms with van der Waals surface area (Å²) in [5, 5.41) is 7.94. The molecule has 2 aliphatic carbocycles. The van der Waals surface area contributed by atoms with Gasteiger partial charge in [0.2, 0.25) is 0 Å². The van der Waals surface area contributed by atoms with Crippen LogP contribution in [0.3, 0.4) is 0 Å². The van der Waals surface area contributed by atoms with E-state index in [1.165, 1.54) is 105 Å². The Balaban J connectivity index is 1.09. The predicted octanol–water partition coefficient (Wildman–Crippen LogP) is 12.7. The second-order valence-corrected chi connectivity index (χ2v) is 14.1. The largest absolute Gasteiger partial charge is 0.309 e. The molecule has 0 radical (unpaired) electrons. The minimum Gasteiger partial charge on any atom is -0.309 e. The molecule has 1 aromatic heterocycles. The molecule has 0 saturated heterocycles. The van der Waals surface area contributed by atoms with Crippen molar-refractivity contribution < 1.29 is 0 Å². The van der Waals surface area contributed by atoms with Crippen molar-refractivity contribution in [3.05, 3.63) is 163 Å². The summed E-state index contributed by atoms with van der Waals surface area (Å²) in [5.41, 5.74) is 17.0. The molecule has 0 saturated carbocycles. The van der Waals surface area contributed by atoms with Crippen LogP contribution in [-0.2, 0) is 5.41 Å². The fourth-order valence-corrected chi connectivity index (χ4v) is 9.19. The molecule has 0 atom stereocenters. The number of aromatic nitrogens is 1. The zero-order chi connectivity index (χ0) is 31.7. The highest BCUT2D eigenvalue weighted by Crippen LogP contribution is 2.53. The van der Waals surface area contributed by atoms with Crippen molar-refractivity contribution in [2.45, 2.75) is 19.3 Å². The van der Waals surface area contributed by atoms with Gasteiger partial charge in [-0.25, -0.2) is 0 Å². The molecule has 2 aliphatic rings. The molecule has 48 heavy (non-hydrogen) atoms. The lowest BCUT2D eigenvalue weighted by molar-refractivity contribution is 0.667. The van der Waals surface area contributed by atoms with Crippen LogP contribution < -0.4 is 0 Å². The first-order valence-electron chi connectivity index (χ1n) is 16.9. The fourth-order valence-electron chi connectivity index (χ4n) is 9.19. The molecule has 0 fully saturated rings. The minimum absolute atomic E-state index is 0.111. The van der Waals surface area contributed by atoms with Crippen LogP contribution in [0.25, 0.3) is 93.5 Å². The minimum atomic E-state index is -0.111. The number of fused-ring (bicyclic) bond motifs is 11. The highest BCUT2D eigenvalue weighted by Gasteiger charge is 2.37. The van der Waals surface area contributed by atoms with E-state index in [2.05, 4.69) is 170 Å². The Bertz CT molecular complexity index is 2820. The maximum Gasteiger partial charge on any atom is 0.0544 e. The van der Waals surface area contributed by atoms with Crippen molar-refractivity contribution in [3.63, 3.8) is 0 Å². The normalized spacial score (nSPS) is 13.8. The van der Waals surface area contributed by atoms with Crippen LogP contribution in [0, 0.1) is 0 Å². The van der Waals surface area contributed by atoms with Crippen LogP contribution in [0.2, 0.25) is 0 Å². The van der Waals surface area contributed by atoms with Crippen molar-refractivity contribution in [1.82, 2.24) is 4.57 Å². The monoisotopic (exact) mass is 609 g/mol. The highest BCUT2D eigenvalue weighted by atomic mass is 15.0. The Kier molecular flexibility index (Phi) is 4.97. The second kappa shape index (κ2) is 9.12. The van der Waals surface area contributed by atoms with Crippen LogP contribution in [-0.4, -0.2) is 4.57 Å². The molecule has 1 nitrogen and oxygen atoms in total. The molecule has 8 aromatic carbocycles. The van der Waals surface area contributed by atoms with Crippen LogP contribution >= 0.6 is 0 Å². The Morgan fingerprint density at radius 1 is 0.417 bits per heavy atom. The summed E-state index contributed by atoms with van der Waals surface area (Å²) < 4.78 is 2.47. The van der Waals surface area contributed by atoms with E-state index < -0.39 is 0 Å². The maximum absolute atomic E-state index is 2.48. The third kappa shape index (κ3) is 3.26. The standard InChI is InChI=1S/C47H31N/c1-47(2)42-27-44-41(26-40(42)39-23-20-28-10-3-4-11-32(28)46(39)47)35-14-7-8-17-43(35)48(44)30-21-18-29(19-22-30)31-24-25-38-34-13-6-5-12-33(34)37-16-9-15-36(31)45(37)38/h3-27H,1-2H3. The number of nitrogens with zero attached hydrogens (tertiary/aromatic N) is 1. The first-order valence-corrected chi connectivity index (χ1v) is 16.9. The highest BCUT2D eigenvalue weighted by molar-refractivity contribution is 6.19. The van der Waals surface area contributed by atoms with Gasteiger partial charge in [-0.2, -0.15) is 0 Å². The lowest BCUT2D eigenvalue weighted by atomic mass is 9.80. The van der Waals surface area contributed by atoms with E-state index in [1.54, 1.807) is 0 Å². The Morgan fingerprint density at radius 2 is 1.06 bits per heavy atom. The molecule has 0 amide bonds. The zero-order valence-electron chi connectivity index (χ0n) is 26.9. The van der Waals surface area contributed by atoms with Crippen molar-refractivity contribution in [3.8, 4) is 50.2 Å². The van der Waals surface area contributed by atoms with Gasteiger partial charge in [-0.3, -0.25) is 0 Å². The van der Waals surface area contributed by atoms with Crippen LogP contribution in [0.5, 0.6) is 0 Å². The molecule has 224 valence electrons. The van der Waals surface area contributed by atoms with Gasteiger partial charge in [0.15, 0.2) is 0 Å². The molecular weight excluding hydrogens is 579 g/mol. The third-order valence-electron chi connectivity index (χ3n) is 11.3. The summed E-state index contributed by atoms with van der Waals surface area (Å²) in [6.45, 7) is 4.79. The fraction of sp³-hybridized carbons (Fsp3) is 0.0638. The van der Waals surface area contributed by atoms with Gasteiger partial charge < -0.3 is 4.57 Å². The summed E-state index contributed by atoms with van der Waals surface area (Å²) in [4.78, 5) is 0. The number of para-hydroxylation sites is 1. The molecule has 11 rings (SSSR count). The van der Waals surface area contributed by atoms with Crippen LogP contribution in [0.4, 0.5) is 0 Å². The quantitative estimate of drug-likeness (QED) is 0.184. The number of hydrogen-bond donors (Lipinski definition) is 0. The van der Waals surface area contributed by atoms with Gasteiger partial charge in [0.05, 0.1) is 11.0 Å². The Labute approximate surface area is 279 Å².